The summed E-state index contributed by atoms with van der Waals surface area (Å²) in [7, 11) is -2.91. The SMILES string of the molecule is C1=CCC=C1.C1=CCCC1.C1=CN=NC1.C1=COCC1.C1=COCO1.CC.CC.CC.CC.CC.CC.CC.CC.CC.CC.CC.N=CC=NS.O=S1(=O)C=CC=C1.O=c1[nH]cco1.c1c[nH]cn1.c1cn[nH]c1.c1cscn1. The number of azo groups is 1. The Morgan fingerprint density at radius 3 is 1.34 bits per heavy atom. The van der Waals surface area contributed by atoms with Crippen LogP contribution < -0.4 is 5.76 Å². The molecule has 0 amide bonds. The number of aromatic amines is 3. The Labute approximate surface area is 499 Å². The number of nitrogens with zero attached hydrogens (tertiary/aromatic N) is 6. The quantitative estimate of drug-likeness (QED) is 0.0686. The smallest absolute Gasteiger partial charge is 0.416 e. The van der Waals surface area contributed by atoms with Crippen molar-refractivity contribution in [2.24, 2.45) is 14.6 Å². The van der Waals surface area contributed by atoms with Gasteiger partial charge in [-0.3, -0.25) is 15.1 Å². The first-order valence-electron chi connectivity index (χ1n) is 28.2. The topological polar surface area (TPSA) is 239 Å². The summed E-state index contributed by atoms with van der Waals surface area (Å²) < 4.78 is 41.8. The van der Waals surface area contributed by atoms with E-state index < -0.39 is 15.6 Å². The number of ether oxygens (including phenoxy) is 3. The number of allylic oxidation sites excluding steroid dienone is 8. The Morgan fingerprint density at radius 1 is 0.650 bits per heavy atom. The molecule has 4 aromatic rings. The van der Waals surface area contributed by atoms with E-state index in [1.54, 1.807) is 66.6 Å². The van der Waals surface area contributed by atoms with Crippen LogP contribution in [0.5, 0.6) is 0 Å². The molecule has 0 fully saturated rings. The van der Waals surface area contributed by atoms with Crippen molar-refractivity contribution in [1.29, 1.82) is 5.41 Å². The van der Waals surface area contributed by atoms with Gasteiger partial charge in [0.05, 0.1) is 37.5 Å². The maximum absolute atomic E-state index is 10.3. The molecular formula is C60H116N10O7S3. The predicted octanol–water partition coefficient (Wildman–Crippen LogP) is 19.8. The second-order valence-corrected chi connectivity index (χ2v) is 12.5. The Hall–Kier alpha value is -6.38. The van der Waals surface area contributed by atoms with E-state index in [0.717, 1.165) is 43.0 Å². The average Bonchev–Trinajstić information content (AvgIpc) is 4.39. The summed E-state index contributed by atoms with van der Waals surface area (Å²) in [4.78, 5) is 22.3. The van der Waals surface area contributed by atoms with Crippen LogP contribution in [-0.4, -0.2) is 70.9 Å². The van der Waals surface area contributed by atoms with Crippen molar-refractivity contribution in [3.05, 3.63) is 174 Å². The maximum atomic E-state index is 10.3. The van der Waals surface area contributed by atoms with Crippen LogP contribution in [0, 0.1) is 5.41 Å². The van der Waals surface area contributed by atoms with Crippen molar-refractivity contribution in [2.45, 2.75) is 184 Å². The van der Waals surface area contributed by atoms with E-state index in [-0.39, 0.29) is 0 Å². The highest BCUT2D eigenvalue weighted by molar-refractivity contribution is 7.97. The number of hydrogen-bond acceptors (Lipinski definition) is 16. The van der Waals surface area contributed by atoms with Crippen molar-refractivity contribution < 1.29 is 27.0 Å². The lowest BCUT2D eigenvalue weighted by Crippen LogP contribution is -1.91. The van der Waals surface area contributed by atoms with Crippen LogP contribution in [0.25, 0.3) is 0 Å². The Bertz CT molecular complexity index is 1650. The largest absolute Gasteiger partial charge is 0.501 e. The summed E-state index contributed by atoms with van der Waals surface area (Å²) in [6.07, 6.45) is 47.8. The third-order valence-corrected chi connectivity index (χ3v) is 7.10. The highest BCUT2D eigenvalue weighted by Gasteiger charge is 2.00. The van der Waals surface area contributed by atoms with Gasteiger partial charge in [0.2, 0.25) is 6.79 Å². The van der Waals surface area contributed by atoms with Gasteiger partial charge in [-0.1, -0.05) is 189 Å². The van der Waals surface area contributed by atoms with Gasteiger partial charge in [-0.2, -0.15) is 15.3 Å². The number of H-pyrrole nitrogens is 3. The van der Waals surface area contributed by atoms with Crippen LogP contribution in [0.15, 0.2) is 187 Å². The van der Waals surface area contributed by atoms with Crippen LogP contribution in [0.2, 0.25) is 0 Å². The van der Waals surface area contributed by atoms with E-state index in [1.165, 1.54) is 62.6 Å². The summed E-state index contributed by atoms with van der Waals surface area (Å²) in [6.45, 7) is 46.1. The zero-order valence-corrected chi connectivity index (χ0v) is 56.2. The molecule has 466 valence electrons. The molecule has 80 heavy (non-hydrogen) atoms. The highest BCUT2D eigenvalue weighted by Crippen LogP contribution is 2.05. The molecule has 0 aromatic carbocycles. The van der Waals surface area contributed by atoms with Crippen LogP contribution in [-0.2, 0) is 24.0 Å². The van der Waals surface area contributed by atoms with Gasteiger partial charge < -0.3 is 29.0 Å². The van der Waals surface area contributed by atoms with Gasteiger partial charge in [-0.25, -0.2) is 22.6 Å². The number of imidazole rings is 1. The fourth-order valence-corrected chi connectivity index (χ4v) is 4.11. The summed E-state index contributed by atoms with van der Waals surface area (Å²) in [5.41, 5.74) is 1.79. The lowest BCUT2D eigenvalue weighted by molar-refractivity contribution is 0.0920. The molecule has 4 aromatic heterocycles. The van der Waals surface area contributed by atoms with E-state index >= 15 is 0 Å². The first-order chi connectivity index (χ1) is 39.5. The second kappa shape index (κ2) is 130. The van der Waals surface area contributed by atoms with E-state index in [9.17, 15) is 13.2 Å². The maximum Gasteiger partial charge on any atom is 0.416 e. The van der Waals surface area contributed by atoms with Gasteiger partial charge in [0, 0.05) is 72.2 Å². The number of rotatable bonds is 1. The fraction of sp³-hybridized carbons (Fsp3) is 0.500. The molecule has 0 spiro atoms. The predicted molar refractivity (Wildman–Crippen MR) is 358 cm³/mol. The number of thiazole rings is 1. The molecule has 0 atom stereocenters. The number of thiol groups is 1. The van der Waals surface area contributed by atoms with Crippen molar-refractivity contribution in [1.82, 2.24) is 30.1 Å². The lowest BCUT2D eigenvalue weighted by Gasteiger charge is -1.82. The van der Waals surface area contributed by atoms with Crippen LogP contribution >= 0.6 is 24.2 Å². The van der Waals surface area contributed by atoms with Gasteiger partial charge >= 0.3 is 5.76 Å². The van der Waals surface area contributed by atoms with Crippen LogP contribution in [0.3, 0.4) is 0 Å². The summed E-state index contributed by atoms with van der Waals surface area (Å²) >= 11 is 5.02. The third-order valence-electron chi connectivity index (χ3n) is 5.38. The zero-order valence-electron chi connectivity index (χ0n) is 53.7. The normalized spacial score (nSPS) is 11.4. The molecule has 8 heterocycles. The van der Waals surface area contributed by atoms with E-state index in [1.807, 2.05) is 176 Å². The van der Waals surface area contributed by atoms with E-state index in [4.69, 9.17) is 10.1 Å². The van der Waals surface area contributed by atoms with Gasteiger partial charge in [-0.05, 0) is 68.9 Å². The Morgan fingerprint density at radius 2 is 1.21 bits per heavy atom. The Kier molecular flexibility index (Phi) is 166. The van der Waals surface area contributed by atoms with Gasteiger partial charge in [-0.15, -0.1) is 11.3 Å². The minimum atomic E-state index is -2.91. The first kappa shape index (κ1) is 102. The molecule has 2 aliphatic carbocycles. The van der Waals surface area contributed by atoms with E-state index in [2.05, 4.69) is 108 Å². The summed E-state index contributed by atoms with van der Waals surface area (Å²) in [5.74, 6) is -0.407. The number of aromatic nitrogens is 6. The summed E-state index contributed by atoms with van der Waals surface area (Å²) in [6, 6.07) is 1.83. The van der Waals surface area contributed by atoms with Gasteiger partial charge in [0.25, 0.3) is 0 Å². The lowest BCUT2D eigenvalue weighted by atomic mass is 10.4. The monoisotopic (exact) mass is 1180 g/mol. The van der Waals surface area contributed by atoms with Crippen molar-refractivity contribution >= 4 is 46.4 Å². The molecular weight excluding hydrogens is 1070 g/mol. The molecule has 4 aliphatic heterocycles. The van der Waals surface area contributed by atoms with Crippen molar-refractivity contribution in [3.63, 3.8) is 0 Å². The molecule has 4 N–H and O–H groups in total. The molecule has 20 heteroatoms. The molecule has 0 saturated carbocycles. The average molecular weight is 1190 g/mol. The van der Waals surface area contributed by atoms with Gasteiger partial charge in [0.1, 0.15) is 18.8 Å². The Balaban J connectivity index is -0.0000000615. The molecule has 10 rings (SSSR count). The minimum absolute atomic E-state index is 0.389. The molecule has 6 aliphatic rings. The van der Waals surface area contributed by atoms with Gasteiger partial charge in [0.15, 0.2) is 9.84 Å². The number of oxazole rings is 1. The number of nitrogens with one attached hydrogen (secondary N) is 4. The third kappa shape index (κ3) is 134. The molecule has 0 unspecified atom stereocenters. The number of sulfone groups is 1. The van der Waals surface area contributed by atoms with Crippen molar-refractivity contribution in [3.8, 4) is 0 Å². The molecule has 0 radical (unpaired) electrons. The van der Waals surface area contributed by atoms with Crippen molar-refractivity contribution in [2.75, 3.05) is 19.9 Å². The molecule has 0 saturated heterocycles. The highest BCUT2D eigenvalue weighted by atomic mass is 32.2. The van der Waals surface area contributed by atoms with Crippen LogP contribution in [0.1, 0.15) is 184 Å². The molecule has 0 bridgehead atoms. The fourth-order valence-electron chi connectivity index (χ4n) is 2.98. The number of hydrogen-bond donors (Lipinski definition) is 5. The summed E-state index contributed by atoms with van der Waals surface area (Å²) in [5, 5.41) is 23.9. The second-order valence-electron chi connectivity index (χ2n) is 9.81. The van der Waals surface area contributed by atoms with Crippen LogP contribution in [0.4, 0.5) is 0 Å². The first-order valence-corrected chi connectivity index (χ1v) is 31.2. The minimum Gasteiger partial charge on any atom is -0.501 e. The zero-order chi connectivity index (χ0) is 64.1. The van der Waals surface area contributed by atoms with E-state index in [0.29, 0.717) is 6.79 Å². The standard InChI is InChI=1S/C5H8.C5H6.C4H4O2S.C4H6O.3C3H4N2.C3H3NO2.C3H3NS.C3H4O2.C2H4N2S.11C2H6/c2*1-2-4-5-3-1;5-7(6)3-1-2-4-7;1-2-4-5-3-1;1-2-5-3-4-1;2*1-2-4-5-3-1;5-3-4-1-2-6-3;2*1-2-5-3-4-1;3-1-2-4-5;11*1-2/h1-2H,3-5H2;1-4H,5H2;1-4H;1,3H,2,4H2;1-3H,(H,4,5);1-2H,3H2;1-3H,(H,4,5);1-2H,(H,4,5);1-3H;1-2H,3H2;1-3,5H;11*1-2H3. The molecule has 17 nitrogen and oxygen atoms in total.